The molecule has 29 heavy (non-hydrogen) atoms. The highest BCUT2D eigenvalue weighted by atomic mass is 32.2. The van der Waals surface area contributed by atoms with Gasteiger partial charge in [-0.1, -0.05) is 18.2 Å². The Labute approximate surface area is 174 Å². The van der Waals surface area contributed by atoms with Gasteiger partial charge in [-0.15, -0.1) is 23.1 Å². The van der Waals surface area contributed by atoms with Crippen LogP contribution in [-0.4, -0.2) is 16.1 Å². The van der Waals surface area contributed by atoms with E-state index in [1.807, 2.05) is 32.0 Å². The fourth-order valence-corrected chi connectivity index (χ4v) is 5.11. The second-order valence-corrected chi connectivity index (χ2v) is 8.75. The smallest absolute Gasteiger partial charge is 0.416 e. The SMILES string of the molecule is Cc1cc(CC(=O)O)cc(SCc2sc(-c3ccc(C(F)(F)F)cc3)nc2C)c1. The zero-order valence-electron chi connectivity index (χ0n) is 15.7. The van der Waals surface area contributed by atoms with Crippen molar-refractivity contribution in [2.24, 2.45) is 0 Å². The van der Waals surface area contributed by atoms with Crippen molar-refractivity contribution in [3.05, 3.63) is 69.7 Å². The number of carbonyl (C=O) groups is 1. The van der Waals surface area contributed by atoms with Crippen LogP contribution in [0.25, 0.3) is 10.6 Å². The van der Waals surface area contributed by atoms with E-state index in [4.69, 9.17) is 5.11 Å². The number of rotatable bonds is 6. The number of halogens is 3. The maximum absolute atomic E-state index is 12.7. The number of aryl methyl sites for hydroxylation is 2. The summed E-state index contributed by atoms with van der Waals surface area (Å²) >= 11 is 3.04. The molecule has 1 N–H and O–H groups in total. The van der Waals surface area contributed by atoms with Crippen molar-refractivity contribution < 1.29 is 23.1 Å². The quantitative estimate of drug-likeness (QED) is 0.456. The maximum atomic E-state index is 12.7. The summed E-state index contributed by atoms with van der Waals surface area (Å²) in [7, 11) is 0. The Kier molecular flexibility index (Phi) is 6.33. The molecular weight excluding hydrogens is 419 g/mol. The second-order valence-electron chi connectivity index (χ2n) is 6.62. The molecule has 8 heteroatoms. The maximum Gasteiger partial charge on any atom is 0.416 e. The molecule has 152 valence electrons. The van der Waals surface area contributed by atoms with Gasteiger partial charge in [-0.05, 0) is 49.2 Å². The Morgan fingerprint density at radius 3 is 2.45 bits per heavy atom. The molecule has 0 amide bonds. The minimum Gasteiger partial charge on any atom is -0.481 e. The molecule has 3 nitrogen and oxygen atoms in total. The summed E-state index contributed by atoms with van der Waals surface area (Å²) in [5.74, 6) is -0.217. The van der Waals surface area contributed by atoms with Crippen LogP contribution in [0, 0.1) is 13.8 Å². The number of aliphatic carboxylic acids is 1. The predicted octanol–water partition coefficient (Wildman–Crippen LogP) is 6.37. The predicted molar refractivity (Wildman–Crippen MR) is 109 cm³/mol. The van der Waals surface area contributed by atoms with Crippen molar-refractivity contribution in [2.45, 2.75) is 37.1 Å². The van der Waals surface area contributed by atoms with E-state index in [-0.39, 0.29) is 6.42 Å². The Morgan fingerprint density at radius 2 is 1.83 bits per heavy atom. The van der Waals surface area contributed by atoms with Gasteiger partial charge in [0.05, 0.1) is 17.7 Å². The van der Waals surface area contributed by atoms with Crippen molar-refractivity contribution in [3.8, 4) is 10.6 Å². The number of nitrogens with zero attached hydrogens (tertiary/aromatic N) is 1. The minimum atomic E-state index is -4.35. The third-order valence-corrected chi connectivity index (χ3v) is 6.58. The van der Waals surface area contributed by atoms with Crippen molar-refractivity contribution >= 4 is 29.1 Å². The van der Waals surface area contributed by atoms with Crippen molar-refractivity contribution in [2.75, 3.05) is 0 Å². The van der Waals surface area contributed by atoms with E-state index in [1.165, 1.54) is 23.5 Å². The minimum absolute atomic E-state index is 0.0209. The Balaban J connectivity index is 1.74. The number of hydrogen-bond donors (Lipinski definition) is 1. The van der Waals surface area contributed by atoms with Gasteiger partial charge < -0.3 is 5.11 Å². The van der Waals surface area contributed by atoms with Crippen molar-refractivity contribution in [3.63, 3.8) is 0 Å². The highest BCUT2D eigenvalue weighted by molar-refractivity contribution is 7.98. The molecule has 2 aromatic carbocycles. The fraction of sp³-hybridized carbons (Fsp3) is 0.238. The van der Waals surface area contributed by atoms with Crippen LogP contribution in [0.5, 0.6) is 0 Å². The first kappa shape index (κ1) is 21.4. The van der Waals surface area contributed by atoms with Crippen LogP contribution in [0.4, 0.5) is 13.2 Å². The number of alkyl halides is 3. The van der Waals surface area contributed by atoms with Crippen LogP contribution < -0.4 is 0 Å². The van der Waals surface area contributed by atoms with Crippen LogP contribution in [0.1, 0.15) is 27.3 Å². The topological polar surface area (TPSA) is 50.2 Å². The van der Waals surface area contributed by atoms with E-state index in [1.54, 1.807) is 11.8 Å². The van der Waals surface area contributed by atoms with E-state index in [9.17, 15) is 18.0 Å². The van der Waals surface area contributed by atoms with Crippen LogP contribution in [0.15, 0.2) is 47.4 Å². The molecule has 0 fully saturated rings. The number of aromatic nitrogens is 1. The Bertz CT molecular complexity index is 1030. The number of benzene rings is 2. The lowest BCUT2D eigenvalue weighted by atomic mass is 10.1. The number of thioether (sulfide) groups is 1. The van der Waals surface area contributed by atoms with Crippen molar-refractivity contribution in [1.29, 1.82) is 0 Å². The van der Waals surface area contributed by atoms with E-state index < -0.39 is 17.7 Å². The van der Waals surface area contributed by atoms with Gasteiger partial charge in [0.1, 0.15) is 5.01 Å². The number of carboxylic acids is 1. The number of hydrogen-bond acceptors (Lipinski definition) is 4. The summed E-state index contributed by atoms with van der Waals surface area (Å²) in [6, 6.07) is 10.8. The van der Waals surface area contributed by atoms with Crippen LogP contribution in [0.3, 0.4) is 0 Å². The monoisotopic (exact) mass is 437 g/mol. The molecule has 0 aliphatic heterocycles. The Morgan fingerprint density at radius 1 is 1.14 bits per heavy atom. The van der Waals surface area contributed by atoms with E-state index in [0.29, 0.717) is 16.3 Å². The first-order valence-corrected chi connectivity index (χ1v) is 10.5. The summed E-state index contributed by atoms with van der Waals surface area (Å²) in [5.41, 5.74) is 2.57. The van der Waals surface area contributed by atoms with Gasteiger partial charge in [-0.2, -0.15) is 13.2 Å². The molecule has 0 unspecified atom stereocenters. The van der Waals surface area contributed by atoms with E-state index in [2.05, 4.69) is 4.98 Å². The summed E-state index contributed by atoms with van der Waals surface area (Å²) in [4.78, 5) is 17.5. The number of carboxylic acid groups (broad SMARTS) is 1. The molecule has 1 aromatic heterocycles. The van der Waals surface area contributed by atoms with Crippen LogP contribution in [-0.2, 0) is 23.1 Å². The highest BCUT2D eigenvalue weighted by Crippen LogP contribution is 2.35. The zero-order chi connectivity index (χ0) is 21.2. The molecule has 3 rings (SSSR count). The molecule has 0 radical (unpaired) electrons. The summed E-state index contributed by atoms with van der Waals surface area (Å²) in [5, 5.41) is 9.67. The van der Waals surface area contributed by atoms with Crippen LogP contribution in [0.2, 0.25) is 0 Å². The number of thiazole rings is 1. The fourth-order valence-electron chi connectivity index (χ4n) is 2.82. The molecule has 0 saturated carbocycles. The Hall–Kier alpha value is -2.32. The molecule has 0 aliphatic rings. The standard InChI is InChI=1S/C21H18F3NO2S2/c1-12-7-14(10-19(26)27)9-17(8-12)28-11-18-13(2)25-20(29-18)15-3-5-16(6-4-15)21(22,23)24/h3-9H,10-11H2,1-2H3,(H,26,27). The largest absolute Gasteiger partial charge is 0.481 e. The third-order valence-electron chi connectivity index (χ3n) is 4.19. The first-order chi connectivity index (χ1) is 13.6. The normalized spacial score (nSPS) is 11.6. The molecule has 0 atom stereocenters. The molecule has 0 spiro atoms. The molecule has 1 heterocycles. The molecular formula is C21H18F3NO2S2. The van der Waals surface area contributed by atoms with E-state index >= 15 is 0 Å². The summed E-state index contributed by atoms with van der Waals surface area (Å²) in [6.07, 6.45) is -4.38. The van der Waals surface area contributed by atoms with Gasteiger partial charge in [0.2, 0.25) is 0 Å². The first-order valence-electron chi connectivity index (χ1n) is 8.71. The molecule has 0 bridgehead atoms. The lowest BCUT2D eigenvalue weighted by Gasteiger charge is -2.06. The highest BCUT2D eigenvalue weighted by Gasteiger charge is 2.30. The third kappa shape index (κ3) is 5.61. The van der Waals surface area contributed by atoms with Gasteiger partial charge in [-0.3, -0.25) is 4.79 Å². The van der Waals surface area contributed by atoms with Crippen LogP contribution >= 0.6 is 23.1 Å². The summed E-state index contributed by atoms with van der Waals surface area (Å²) in [6.45, 7) is 3.81. The summed E-state index contributed by atoms with van der Waals surface area (Å²) < 4.78 is 38.2. The van der Waals surface area contributed by atoms with Gasteiger partial charge in [-0.25, -0.2) is 4.98 Å². The van der Waals surface area contributed by atoms with Gasteiger partial charge >= 0.3 is 12.1 Å². The van der Waals surface area contributed by atoms with Gasteiger partial charge in [0.15, 0.2) is 0 Å². The lowest BCUT2D eigenvalue weighted by Crippen LogP contribution is -2.03. The molecule has 3 aromatic rings. The average molecular weight is 438 g/mol. The lowest BCUT2D eigenvalue weighted by molar-refractivity contribution is -0.138. The molecule has 0 aliphatic carbocycles. The van der Waals surface area contributed by atoms with Gasteiger partial charge in [0.25, 0.3) is 0 Å². The average Bonchev–Trinajstić information content (AvgIpc) is 2.99. The van der Waals surface area contributed by atoms with Crippen molar-refractivity contribution in [1.82, 2.24) is 4.98 Å². The van der Waals surface area contributed by atoms with Gasteiger partial charge in [0, 0.05) is 21.1 Å². The molecule has 0 saturated heterocycles. The van der Waals surface area contributed by atoms with E-state index in [0.717, 1.165) is 38.7 Å². The second kappa shape index (κ2) is 8.59. The zero-order valence-corrected chi connectivity index (χ0v) is 17.3.